The van der Waals surface area contributed by atoms with Crippen molar-refractivity contribution in [1.82, 2.24) is 5.32 Å². The quantitative estimate of drug-likeness (QED) is 0.890. The topological polar surface area (TPSA) is 21.3 Å². The highest BCUT2D eigenvalue weighted by Crippen LogP contribution is 2.41. The lowest BCUT2D eigenvalue weighted by atomic mass is 9.94. The largest absolute Gasteiger partial charge is 0.373 e. The molecule has 0 amide bonds. The van der Waals surface area contributed by atoms with E-state index in [9.17, 15) is 0 Å². The minimum absolute atomic E-state index is 0.471. The Balaban J connectivity index is 1.50. The number of hydrogen-bond acceptors (Lipinski definition) is 3. The van der Waals surface area contributed by atoms with E-state index in [4.69, 9.17) is 16.3 Å². The van der Waals surface area contributed by atoms with E-state index in [2.05, 4.69) is 11.4 Å². The molecule has 2 aliphatic heterocycles. The van der Waals surface area contributed by atoms with Crippen molar-refractivity contribution in [1.29, 1.82) is 0 Å². The second kappa shape index (κ2) is 3.95. The molecule has 1 aliphatic carbocycles. The maximum Gasteiger partial charge on any atom is 0.0934 e. The fourth-order valence-corrected chi connectivity index (χ4v) is 4.93. The fourth-order valence-electron chi connectivity index (χ4n) is 3.57. The maximum atomic E-state index is 6.09. The van der Waals surface area contributed by atoms with Crippen LogP contribution in [0.25, 0.3) is 0 Å². The molecule has 1 aromatic rings. The summed E-state index contributed by atoms with van der Waals surface area (Å²) in [5.41, 5.74) is 1.45. The van der Waals surface area contributed by atoms with Gasteiger partial charge in [-0.2, -0.15) is 0 Å². The molecule has 4 rings (SSSR count). The average Bonchev–Trinajstić information content (AvgIpc) is 3.00. The van der Waals surface area contributed by atoms with Crippen LogP contribution in [0.1, 0.15) is 42.2 Å². The number of nitrogens with one attached hydrogen (secondary N) is 1. The monoisotopic (exact) mass is 269 g/mol. The Bertz CT molecular complexity index is 447. The number of thiophene rings is 1. The van der Waals surface area contributed by atoms with Crippen LogP contribution in [0.2, 0.25) is 4.34 Å². The van der Waals surface area contributed by atoms with Gasteiger partial charge >= 0.3 is 0 Å². The zero-order valence-corrected chi connectivity index (χ0v) is 11.2. The SMILES string of the molecule is Clc1cc2c(s1)CCC2NC1CC2CCC1O2. The number of hydrogen-bond donors (Lipinski definition) is 1. The predicted molar refractivity (Wildman–Crippen MR) is 69.8 cm³/mol. The van der Waals surface area contributed by atoms with E-state index in [1.165, 1.54) is 42.5 Å². The Hall–Kier alpha value is -0.0900. The van der Waals surface area contributed by atoms with Gasteiger partial charge in [0.25, 0.3) is 0 Å². The van der Waals surface area contributed by atoms with Crippen molar-refractivity contribution < 1.29 is 4.74 Å². The first-order valence-electron chi connectivity index (χ1n) is 6.49. The second-order valence-electron chi connectivity index (χ2n) is 5.40. The van der Waals surface area contributed by atoms with Crippen molar-refractivity contribution >= 4 is 22.9 Å². The Labute approximate surface area is 110 Å². The summed E-state index contributed by atoms with van der Waals surface area (Å²) in [5, 5.41) is 3.80. The molecule has 1 aromatic heterocycles. The van der Waals surface area contributed by atoms with Gasteiger partial charge in [-0.25, -0.2) is 0 Å². The van der Waals surface area contributed by atoms with Crippen LogP contribution in [-0.4, -0.2) is 18.2 Å². The molecule has 0 spiro atoms. The minimum Gasteiger partial charge on any atom is -0.373 e. The number of halogens is 1. The molecule has 2 saturated heterocycles. The summed E-state index contributed by atoms with van der Waals surface area (Å²) >= 11 is 7.84. The Morgan fingerprint density at radius 1 is 1.35 bits per heavy atom. The Kier molecular flexibility index (Phi) is 2.51. The number of ether oxygens (including phenoxy) is 1. The molecule has 0 radical (unpaired) electrons. The van der Waals surface area contributed by atoms with Gasteiger partial charge in [0.1, 0.15) is 0 Å². The van der Waals surface area contributed by atoms with E-state index in [1.54, 1.807) is 11.3 Å². The van der Waals surface area contributed by atoms with E-state index in [0.717, 1.165) is 4.34 Å². The fraction of sp³-hybridized carbons (Fsp3) is 0.692. The van der Waals surface area contributed by atoms with E-state index in [0.29, 0.717) is 24.3 Å². The van der Waals surface area contributed by atoms with Crippen LogP contribution in [0.15, 0.2) is 6.07 Å². The summed E-state index contributed by atoms with van der Waals surface area (Å²) in [6.45, 7) is 0. The molecule has 0 aromatic carbocycles. The highest BCUT2D eigenvalue weighted by Gasteiger charge is 2.42. The van der Waals surface area contributed by atoms with Crippen LogP contribution >= 0.6 is 22.9 Å². The van der Waals surface area contributed by atoms with Gasteiger partial charge in [0.05, 0.1) is 16.5 Å². The van der Waals surface area contributed by atoms with E-state index in [1.807, 2.05) is 0 Å². The summed E-state index contributed by atoms with van der Waals surface area (Å²) in [7, 11) is 0. The molecule has 4 heteroatoms. The van der Waals surface area contributed by atoms with Crippen molar-refractivity contribution in [3.05, 3.63) is 20.8 Å². The van der Waals surface area contributed by atoms with Gasteiger partial charge in [0, 0.05) is 17.0 Å². The van der Waals surface area contributed by atoms with Gasteiger partial charge in [-0.3, -0.25) is 0 Å². The minimum atomic E-state index is 0.471. The summed E-state index contributed by atoms with van der Waals surface area (Å²) < 4.78 is 6.84. The molecular formula is C13H16ClNOS. The molecule has 4 unspecified atom stereocenters. The molecule has 92 valence electrons. The number of rotatable bonds is 2. The molecule has 1 N–H and O–H groups in total. The lowest BCUT2D eigenvalue weighted by molar-refractivity contribution is 0.0960. The standard InChI is InChI=1S/C13H16ClNOS/c14-13-6-8-9(2-4-12(8)17-13)15-10-5-7-1-3-11(10)16-7/h6-7,9-11,15H,1-5H2. The summed E-state index contributed by atoms with van der Waals surface area (Å²) in [4.78, 5) is 1.48. The Morgan fingerprint density at radius 3 is 3.06 bits per heavy atom. The summed E-state index contributed by atoms with van der Waals surface area (Å²) in [6, 6.07) is 3.24. The van der Waals surface area contributed by atoms with Crippen molar-refractivity contribution in [2.24, 2.45) is 0 Å². The first-order valence-corrected chi connectivity index (χ1v) is 7.68. The van der Waals surface area contributed by atoms with Crippen molar-refractivity contribution in [3.8, 4) is 0 Å². The highest BCUT2D eigenvalue weighted by molar-refractivity contribution is 7.16. The van der Waals surface area contributed by atoms with E-state index >= 15 is 0 Å². The van der Waals surface area contributed by atoms with Gasteiger partial charge < -0.3 is 10.1 Å². The molecule has 2 bridgehead atoms. The van der Waals surface area contributed by atoms with Crippen molar-refractivity contribution in [2.45, 2.75) is 56.4 Å². The van der Waals surface area contributed by atoms with Crippen LogP contribution in [0, 0.1) is 0 Å². The summed E-state index contributed by atoms with van der Waals surface area (Å²) in [6.07, 6.45) is 7.13. The van der Waals surface area contributed by atoms with Crippen molar-refractivity contribution in [2.75, 3.05) is 0 Å². The third-order valence-electron chi connectivity index (χ3n) is 4.37. The highest BCUT2D eigenvalue weighted by atomic mass is 35.5. The lowest BCUT2D eigenvalue weighted by Crippen LogP contribution is -2.39. The maximum absolute atomic E-state index is 6.09. The van der Waals surface area contributed by atoms with Gasteiger partial charge in [-0.05, 0) is 43.7 Å². The molecule has 4 atom stereocenters. The predicted octanol–water partition coefficient (Wildman–Crippen LogP) is 3.30. The number of fused-ring (bicyclic) bond motifs is 3. The van der Waals surface area contributed by atoms with Crippen LogP contribution < -0.4 is 5.32 Å². The summed E-state index contributed by atoms with van der Waals surface area (Å²) in [5.74, 6) is 0. The zero-order chi connectivity index (χ0) is 11.4. The molecular weight excluding hydrogens is 254 g/mol. The smallest absolute Gasteiger partial charge is 0.0934 e. The zero-order valence-electron chi connectivity index (χ0n) is 9.62. The molecule has 17 heavy (non-hydrogen) atoms. The van der Waals surface area contributed by atoms with Crippen LogP contribution in [0.3, 0.4) is 0 Å². The van der Waals surface area contributed by atoms with E-state index in [-0.39, 0.29) is 0 Å². The van der Waals surface area contributed by atoms with E-state index < -0.39 is 0 Å². The average molecular weight is 270 g/mol. The van der Waals surface area contributed by atoms with Gasteiger partial charge in [0.15, 0.2) is 0 Å². The normalized spacial score (nSPS) is 38.9. The third kappa shape index (κ3) is 1.75. The molecule has 2 nitrogen and oxygen atoms in total. The molecule has 0 saturated carbocycles. The molecule has 3 aliphatic rings. The Morgan fingerprint density at radius 2 is 2.29 bits per heavy atom. The van der Waals surface area contributed by atoms with Crippen molar-refractivity contribution in [3.63, 3.8) is 0 Å². The molecule has 2 fully saturated rings. The van der Waals surface area contributed by atoms with Crippen LogP contribution in [-0.2, 0) is 11.2 Å². The second-order valence-corrected chi connectivity index (χ2v) is 7.17. The lowest BCUT2D eigenvalue weighted by Gasteiger charge is -2.24. The van der Waals surface area contributed by atoms with Gasteiger partial charge in [-0.1, -0.05) is 11.6 Å². The molecule has 3 heterocycles. The first-order chi connectivity index (χ1) is 8.29. The van der Waals surface area contributed by atoms with Crippen LogP contribution in [0.5, 0.6) is 0 Å². The van der Waals surface area contributed by atoms with Gasteiger partial charge in [-0.15, -0.1) is 11.3 Å². The first kappa shape index (κ1) is 10.8. The third-order valence-corrected chi connectivity index (χ3v) is 5.71. The number of aryl methyl sites for hydroxylation is 1. The van der Waals surface area contributed by atoms with Gasteiger partial charge in [0.2, 0.25) is 0 Å². The van der Waals surface area contributed by atoms with Crippen LogP contribution in [0.4, 0.5) is 0 Å².